The standard InChI is InChI=1S/C11H24O2/c1-4-7-9-13-11(6-3)10-12-8-5-2/h11H,4-10H2,1-3H3. The lowest BCUT2D eigenvalue weighted by Crippen LogP contribution is -2.19. The van der Waals surface area contributed by atoms with E-state index in [9.17, 15) is 0 Å². The van der Waals surface area contributed by atoms with E-state index in [2.05, 4.69) is 20.8 Å². The summed E-state index contributed by atoms with van der Waals surface area (Å²) in [7, 11) is 0. The van der Waals surface area contributed by atoms with Gasteiger partial charge in [0.1, 0.15) is 0 Å². The number of hydrogen-bond donors (Lipinski definition) is 0. The quantitative estimate of drug-likeness (QED) is 0.518. The summed E-state index contributed by atoms with van der Waals surface area (Å²) in [6.45, 7) is 8.94. The first-order chi connectivity index (χ1) is 6.35. The van der Waals surface area contributed by atoms with Crippen LogP contribution in [0.4, 0.5) is 0 Å². The first kappa shape index (κ1) is 12.9. The van der Waals surface area contributed by atoms with Gasteiger partial charge in [0, 0.05) is 13.2 Å². The maximum Gasteiger partial charge on any atom is 0.0805 e. The smallest absolute Gasteiger partial charge is 0.0805 e. The third-order valence-electron chi connectivity index (χ3n) is 1.96. The highest BCUT2D eigenvalue weighted by Gasteiger charge is 2.05. The van der Waals surface area contributed by atoms with Crippen molar-refractivity contribution >= 4 is 0 Å². The Morgan fingerprint density at radius 2 is 1.77 bits per heavy atom. The fraction of sp³-hybridized carbons (Fsp3) is 1.00. The molecule has 2 nitrogen and oxygen atoms in total. The highest BCUT2D eigenvalue weighted by Crippen LogP contribution is 2.01. The van der Waals surface area contributed by atoms with Crippen LogP contribution in [-0.2, 0) is 9.47 Å². The molecule has 0 rings (SSSR count). The van der Waals surface area contributed by atoms with Crippen LogP contribution in [0, 0.1) is 0 Å². The lowest BCUT2D eigenvalue weighted by Gasteiger charge is -2.15. The Labute approximate surface area is 82.6 Å². The maximum absolute atomic E-state index is 5.65. The second-order valence-corrected chi connectivity index (χ2v) is 3.33. The summed E-state index contributed by atoms with van der Waals surface area (Å²) in [4.78, 5) is 0. The molecule has 0 bridgehead atoms. The Kier molecular flexibility index (Phi) is 9.94. The average Bonchev–Trinajstić information content (AvgIpc) is 2.16. The number of ether oxygens (including phenoxy) is 2. The summed E-state index contributed by atoms with van der Waals surface area (Å²) >= 11 is 0. The van der Waals surface area contributed by atoms with E-state index < -0.39 is 0 Å². The van der Waals surface area contributed by atoms with Gasteiger partial charge in [-0.1, -0.05) is 27.2 Å². The van der Waals surface area contributed by atoms with Crippen molar-refractivity contribution in [1.82, 2.24) is 0 Å². The Morgan fingerprint density at radius 3 is 2.31 bits per heavy atom. The molecule has 0 radical (unpaired) electrons. The molecule has 0 aromatic heterocycles. The SMILES string of the molecule is CCCCOC(CC)COCCC. The summed E-state index contributed by atoms with van der Waals surface area (Å²) in [6, 6.07) is 0. The van der Waals surface area contributed by atoms with Gasteiger partial charge in [-0.15, -0.1) is 0 Å². The van der Waals surface area contributed by atoms with Crippen LogP contribution in [0.1, 0.15) is 46.5 Å². The Balaban J connectivity index is 3.28. The second-order valence-electron chi connectivity index (χ2n) is 3.33. The van der Waals surface area contributed by atoms with Crippen molar-refractivity contribution in [1.29, 1.82) is 0 Å². The number of unbranched alkanes of at least 4 members (excludes halogenated alkanes) is 1. The molecule has 0 saturated heterocycles. The number of rotatable bonds is 9. The molecule has 0 aromatic rings. The topological polar surface area (TPSA) is 18.5 Å². The lowest BCUT2D eigenvalue weighted by molar-refractivity contribution is -0.0187. The molecular weight excluding hydrogens is 164 g/mol. The Hall–Kier alpha value is -0.0800. The molecule has 0 aromatic carbocycles. The zero-order chi connectivity index (χ0) is 9.94. The molecule has 1 atom stereocenters. The normalized spacial score (nSPS) is 13.2. The first-order valence-corrected chi connectivity index (χ1v) is 5.54. The van der Waals surface area contributed by atoms with Crippen molar-refractivity contribution in [2.24, 2.45) is 0 Å². The summed E-state index contributed by atoms with van der Waals surface area (Å²) in [6.07, 6.45) is 4.80. The van der Waals surface area contributed by atoms with E-state index >= 15 is 0 Å². The Bertz CT molecular complexity index is 84.1. The van der Waals surface area contributed by atoms with E-state index in [0.29, 0.717) is 6.10 Å². The molecule has 0 heterocycles. The molecule has 13 heavy (non-hydrogen) atoms. The third-order valence-corrected chi connectivity index (χ3v) is 1.96. The van der Waals surface area contributed by atoms with Crippen molar-refractivity contribution < 1.29 is 9.47 Å². The molecule has 2 heteroatoms. The van der Waals surface area contributed by atoms with Gasteiger partial charge in [0.15, 0.2) is 0 Å². The molecule has 1 unspecified atom stereocenters. The van der Waals surface area contributed by atoms with E-state index in [1.807, 2.05) is 0 Å². The molecule has 0 saturated carbocycles. The predicted octanol–water partition coefficient (Wildman–Crippen LogP) is 3.01. The van der Waals surface area contributed by atoms with Crippen LogP contribution < -0.4 is 0 Å². The van der Waals surface area contributed by atoms with Crippen LogP contribution >= 0.6 is 0 Å². The molecule has 0 aliphatic rings. The highest BCUT2D eigenvalue weighted by molar-refractivity contribution is 4.53. The zero-order valence-corrected chi connectivity index (χ0v) is 9.34. The average molecular weight is 188 g/mol. The van der Waals surface area contributed by atoms with Gasteiger partial charge in [0.05, 0.1) is 12.7 Å². The van der Waals surface area contributed by atoms with Gasteiger partial charge in [0.2, 0.25) is 0 Å². The fourth-order valence-corrected chi connectivity index (χ4v) is 1.04. The van der Waals surface area contributed by atoms with Gasteiger partial charge >= 0.3 is 0 Å². The molecule has 0 spiro atoms. The van der Waals surface area contributed by atoms with Crippen molar-refractivity contribution in [3.8, 4) is 0 Å². The minimum atomic E-state index is 0.304. The zero-order valence-electron chi connectivity index (χ0n) is 9.34. The van der Waals surface area contributed by atoms with E-state index in [0.717, 1.165) is 39.1 Å². The minimum Gasteiger partial charge on any atom is -0.379 e. The molecule has 0 amide bonds. The van der Waals surface area contributed by atoms with Gasteiger partial charge in [-0.05, 0) is 19.3 Å². The van der Waals surface area contributed by atoms with Gasteiger partial charge in [-0.3, -0.25) is 0 Å². The fourth-order valence-electron chi connectivity index (χ4n) is 1.04. The van der Waals surface area contributed by atoms with Crippen LogP contribution in [0.15, 0.2) is 0 Å². The van der Waals surface area contributed by atoms with Gasteiger partial charge in [-0.25, -0.2) is 0 Å². The second kappa shape index (κ2) is 10.0. The van der Waals surface area contributed by atoms with E-state index in [-0.39, 0.29) is 0 Å². The lowest BCUT2D eigenvalue weighted by atomic mass is 10.3. The molecular formula is C11H24O2. The largest absolute Gasteiger partial charge is 0.379 e. The van der Waals surface area contributed by atoms with Crippen LogP contribution in [0.5, 0.6) is 0 Å². The predicted molar refractivity (Wildman–Crippen MR) is 56.0 cm³/mol. The monoisotopic (exact) mass is 188 g/mol. The third kappa shape index (κ3) is 8.26. The summed E-state index contributed by atoms with van der Waals surface area (Å²) < 4.78 is 11.1. The van der Waals surface area contributed by atoms with Crippen molar-refractivity contribution in [2.75, 3.05) is 19.8 Å². The molecule has 0 N–H and O–H groups in total. The Morgan fingerprint density at radius 1 is 1.00 bits per heavy atom. The van der Waals surface area contributed by atoms with E-state index in [1.54, 1.807) is 0 Å². The van der Waals surface area contributed by atoms with E-state index in [4.69, 9.17) is 9.47 Å². The van der Waals surface area contributed by atoms with Crippen molar-refractivity contribution in [3.63, 3.8) is 0 Å². The van der Waals surface area contributed by atoms with Crippen LogP contribution in [0.25, 0.3) is 0 Å². The van der Waals surface area contributed by atoms with E-state index in [1.165, 1.54) is 6.42 Å². The van der Waals surface area contributed by atoms with Gasteiger partial charge < -0.3 is 9.47 Å². The molecule has 80 valence electrons. The summed E-state index contributed by atoms with van der Waals surface area (Å²) in [5.74, 6) is 0. The minimum absolute atomic E-state index is 0.304. The molecule has 0 aliphatic carbocycles. The molecule has 0 fully saturated rings. The van der Waals surface area contributed by atoms with Crippen molar-refractivity contribution in [2.45, 2.75) is 52.6 Å². The van der Waals surface area contributed by atoms with Crippen LogP contribution in [-0.4, -0.2) is 25.9 Å². The summed E-state index contributed by atoms with van der Waals surface area (Å²) in [5.41, 5.74) is 0. The maximum atomic E-state index is 5.65. The molecule has 0 aliphatic heterocycles. The van der Waals surface area contributed by atoms with Crippen LogP contribution in [0.2, 0.25) is 0 Å². The van der Waals surface area contributed by atoms with Gasteiger partial charge in [-0.2, -0.15) is 0 Å². The first-order valence-electron chi connectivity index (χ1n) is 5.54. The summed E-state index contributed by atoms with van der Waals surface area (Å²) in [5, 5.41) is 0. The van der Waals surface area contributed by atoms with Gasteiger partial charge in [0.25, 0.3) is 0 Å². The van der Waals surface area contributed by atoms with Crippen LogP contribution in [0.3, 0.4) is 0 Å². The van der Waals surface area contributed by atoms with Crippen molar-refractivity contribution in [3.05, 3.63) is 0 Å². The highest BCUT2D eigenvalue weighted by atomic mass is 16.5. The number of hydrogen-bond acceptors (Lipinski definition) is 2.